The van der Waals surface area contributed by atoms with Crippen molar-refractivity contribution in [3.8, 4) is 0 Å². The molecule has 1 rings (SSSR count). The fraction of sp³-hybridized carbons (Fsp3) is 0.100. The van der Waals surface area contributed by atoms with Gasteiger partial charge in [-0.15, -0.1) is 6.58 Å². The first kappa shape index (κ1) is 11.9. The van der Waals surface area contributed by atoms with Crippen molar-refractivity contribution in [3.05, 3.63) is 42.5 Å². The Morgan fingerprint density at radius 3 is 2.53 bits per heavy atom. The van der Waals surface area contributed by atoms with Crippen LogP contribution in [0.2, 0.25) is 0 Å². The third-order valence-corrected chi connectivity index (χ3v) is 3.68. The van der Waals surface area contributed by atoms with Gasteiger partial charge in [0.2, 0.25) is 0 Å². The van der Waals surface area contributed by atoms with Gasteiger partial charge in [0.05, 0.1) is 16.2 Å². The molecule has 0 heterocycles. The number of benzene rings is 1. The zero-order valence-electron chi connectivity index (χ0n) is 7.81. The van der Waals surface area contributed by atoms with E-state index in [4.69, 9.17) is 11.6 Å². The lowest BCUT2D eigenvalue weighted by Crippen LogP contribution is -2.09. The summed E-state index contributed by atoms with van der Waals surface area (Å²) in [6, 6.07) is 5.83. The Bertz CT molecular complexity index is 491. The SMILES string of the molecule is C=CCS(=O)(=O)c1ccccc1C(=O)Cl. The maximum Gasteiger partial charge on any atom is 0.253 e. The van der Waals surface area contributed by atoms with Crippen LogP contribution in [0.15, 0.2) is 41.8 Å². The van der Waals surface area contributed by atoms with E-state index < -0.39 is 15.1 Å². The largest absolute Gasteiger partial charge is 0.276 e. The van der Waals surface area contributed by atoms with Gasteiger partial charge in [0, 0.05) is 0 Å². The standard InChI is InChI=1S/C10H9ClO3S/c1-2-7-15(13,14)9-6-4-3-5-8(9)10(11)12/h2-6H,1,7H2. The van der Waals surface area contributed by atoms with Gasteiger partial charge in [-0.25, -0.2) is 8.42 Å². The van der Waals surface area contributed by atoms with Crippen LogP contribution in [0.3, 0.4) is 0 Å². The predicted molar refractivity (Wildman–Crippen MR) is 58.9 cm³/mol. The van der Waals surface area contributed by atoms with Crippen LogP contribution in [0.1, 0.15) is 10.4 Å². The third kappa shape index (κ3) is 2.67. The highest BCUT2D eigenvalue weighted by Gasteiger charge is 2.19. The molecule has 0 saturated heterocycles. The fourth-order valence-corrected chi connectivity index (χ4v) is 2.64. The van der Waals surface area contributed by atoms with Crippen molar-refractivity contribution < 1.29 is 13.2 Å². The summed E-state index contributed by atoms with van der Waals surface area (Å²) in [5.41, 5.74) is 0.000941. The molecule has 3 nitrogen and oxygen atoms in total. The van der Waals surface area contributed by atoms with E-state index in [2.05, 4.69) is 6.58 Å². The van der Waals surface area contributed by atoms with Gasteiger partial charge in [0.25, 0.3) is 5.24 Å². The summed E-state index contributed by atoms with van der Waals surface area (Å²) in [5, 5.41) is -0.779. The second-order valence-electron chi connectivity index (χ2n) is 2.84. The van der Waals surface area contributed by atoms with E-state index in [1.165, 1.54) is 18.2 Å². The Morgan fingerprint density at radius 1 is 1.40 bits per heavy atom. The smallest absolute Gasteiger partial charge is 0.253 e. The average molecular weight is 245 g/mol. The average Bonchev–Trinajstić information content (AvgIpc) is 2.17. The molecule has 80 valence electrons. The highest BCUT2D eigenvalue weighted by molar-refractivity contribution is 7.91. The molecule has 1 aromatic rings. The molecule has 0 fully saturated rings. The lowest BCUT2D eigenvalue weighted by molar-refractivity contribution is 0.107. The van der Waals surface area contributed by atoms with E-state index in [9.17, 15) is 13.2 Å². The molecule has 0 aliphatic rings. The molecular formula is C10H9ClO3S. The Kier molecular flexibility index (Phi) is 3.66. The topological polar surface area (TPSA) is 51.2 Å². The second-order valence-corrected chi connectivity index (χ2v) is 5.19. The molecule has 0 spiro atoms. The highest BCUT2D eigenvalue weighted by Crippen LogP contribution is 2.18. The molecular weight excluding hydrogens is 236 g/mol. The van der Waals surface area contributed by atoms with Crippen LogP contribution < -0.4 is 0 Å². The molecule has 1 aromatic carbocycles. The molecule has 0 N–H and O–H groups in total. The molecule has 0 aromatic heterocycles. The Morgan fingerprint density at radius 2 is 2.00 bits per heavy atom. The number of sulfone groups is 1. The monoisotopic (exact) mass is 244 g/mol. The zero-order valence-corrected chi connectivity index (χ0v) is 9.38. The van der Waals surface area contributed by atoms with Crippen LogP contribution in [0.5, 0.6) is 0 Å². The van der Waals surface area contributed by atoms with Gasteiger partial charge < -0.3 is 0 Å². The van der Waals surface area contributed by atoms with E-state index in [1.807, 2.05) is 0 Å². The van der Waals surface area contributed by atoms with Crippen LogP contribution in [0.4, 0.5) is 0 Å². The molecule has 5 heteroatoms. The van der Waals surface area contributed by atoms with E-state index in [0.29, 0.717) is 0 Å². The van der Waals surface area contributed by atoms with Gasteiger partial charge in [0.1, 0.15) is 0 Å². The summed E-state index contributed by atoms with van der Waals surface area (Å²) < 4.78 is 23.4. The minimum Gasteiger partial charge on any atom is -0.276 e. The van der Waals surface area contributed by atoms with Crippen molar-refractivity contribution in [3.63, 3.8) is 0 Å². The van der Waals surface area contributed by atoms with E-state index in [-0.39, 0.29) is 16.2 Å². The lowest BCUT2D eigenvalue weighted by atomic mass is 10.2. The molecule has 0 amide bonds. The fourth-order valence-electron chi connectivity index (χ4n) is 1.15. The summed E-state index contributed by atoms with van der Waals surface area (Å²) >= 11 is 5.29. The van der Waals surface area contributed by atoms with Crippen molar-refractivity contribution >= 4 is 26.7 Å². The first-order chi connectivity index (χ1) is 6.99. The number of carbonyl (C=O) groups is 1. The van der Waals surface area contributed by atoms with E-state index in [1.54, 1.807) is 12.1 Å². The third-order valence-electron chi connectivity index (χ3n) is 1.77. The van der Waals surface area contributed by atoms with Crippen LogP contribution in [-0.4, -0.2) is 19.4 Å². The summed E-state index contributed by atoms with van der Waals surface area (Å²) in [5.74, 6) is -0.214. The molecule has 15 heavy (non-hydrogen) atoms. The summed E-state index contributed by atoms with van der Waals surface area (Å²) in [6.07, 6.45) is 1.27. The first-order valence-corrected chi connectivity index (χ1v) is 6.14. The Labute approximate surface area is 93.3 Å². The van der Waals surface area contributed by atoms with Crippen molar-refractivity contribution in [1.82, 2.24) is 0 Å². The van der Waals surface area contributed by atoms with Gasteiger partial charge in [-0.1, -0.05) is 18.2 Å². The second kappa shape index (κ2) is 4.59. The van der Waals surface area contributed by atoms with Gasteiger partial charge in [-0.3, -0.25) is 4.79 Å². The van der Waals surface area contributed by atoms with E-state index in [0.717, 1.165) is 0 Å². The number of carbonyl (C=O) groups excluding carboxylic acids is 1. The van der Waals surface area contributed by atoms with Crippen LogP contribution in [0.25, 0.3) is 0 Å². The van der Waals surface area contributed by atoms with Crippen LogP contribution >= 0.6 is 11.6 Å². The minimum atomic E-state index is -3.51. The first-order valence-electron chi connectivity index (χ1n) is 4.11. The predicted octanol–water partition coefficient (Wildman–Crippen LogP) is 2.03. The molecule has 0 unspecified atom stereocenters. The molecule has 0 aliphatic carbocycles. The summed E-state index contributed by atoms with van der Waals surface area (Å²) in [7, 11) is -3.51. The van der Waals surface area contributed by atoms with Crippen molar-refractivity contribution in [2.24, 2.45) is 0 Å². The van der Waals surface area contributed by atoms with Gasteiger partial charge in [-0.05, 0) is 23.7 Å². The lowest BCUT2D eigenvalue weighted by Gasteiger charge is -2.04. The zero-order chi connectivity index (χ0) is 11.5. The summed E-state index contributed by atoms with van der Waals surface area (Å²) in [6.45, 7) is 3.35. The Balaban J connectivity index is 3.37. The van der Waals surface area contributed by atoms with Gasteiger partial charge in [-0.2, -0.15) is 0 Å². The molecule has 0 bridgehead atoms. The summed E-state index contributed by atoms with van der Waals surface area (Å²) in [4.78, 5) is 10.9. The quantitative estimate of drug-likeness (QED) is 0.602. The highest BCUT2D eigenvalue weighted by atomic mass is 35.5. The molecule has 0 aliphatic heterocycles. The van der Waals surface area contributed by atoms with E-state index >= 15 is 0 Å². The number of rotatable bonds is 4. The van der Waals surface area contributed by atoms with Crippen LogP contribution in [-0.2, 0) is 9.84 Å². The van der Waals surface area contributed by atoms with Gasteiger partial charge in [0.15, 0.2) is 9.84 Å². The number of hydrogen-bond donors (Lipinski definition) is 0. The van der Waals surface area contributed by atoms with Crippen LogP contribution in [0, 0.1) is 0 Å². The maximum absolute atomic E-state index is 11.7. The van der Waals surface area contributed by atoms with Gasteiger partial charge >= 0.3 is 0 Å². The number of halogens is 1. The molecule has 0 radical (unpaired) electrons. The minimum absolute atomic E-state index is 0.000941. The Hall–Kier alpha value is -1.13. The van der Waals surface area contributed by atoms with Crippen molar-refractivity contribution in [1.29, 1.82) is 0 Å². The van der Waals surface area contributed by atoms with Crippen molar-refractivity contribution in [2.75, 3.05) is 5.75 Å². The van der Waals surface area contributed by atoms with Crippen molar-refractivity contribution in [2.45, 2.75) is 4.90 Å². The number of hydrogen-bond acceptors (Lipinski definition) is 3. The molecule has 0 atom stereocenters. The normalized spacial score (nSPS) is 11.0. The maximum atomic E-state index is 11.7. The molecule has 0 saturated carbocycles.